The Morgan fingerprint density at radius 1 is 1.19 bits per heavy atom. The Morgan fingerprint density at radius 3 is 2.62 bits per heavy atom. The van der Waals surface area contributed by atoms with Crippen molar-refractivity contribution in [3.05, 3.63) is 57.8 Å². The summed E-state index contributed by atoms with van der Waals surface area (Å²) in [7, 11) is 0. The quantitative estimate of drug-likeness (QED) is 0.862. The molecule has 2 rings (SSSR count). The van der Waals surface area contributed by atoms with Gasteiger partial charge in [0.15, 0.2) is 5.15 Å². The lowest BCUT2D eigenvalue weighted by molar-refractivity contribution is 1.14. The molecule has 0 aliphatic heterocycles. The molecule has 4 heteroatoms. The molecule has 0 bridgehead atoms. The lowest BCUT2D eigenvalue weighted by atomic mass is 10.2. The first-order chi connectivity index (χ1) is 7.75. The average molecular weight is 298 g/mol. The maximum absolute atomic E-state index is 5.93. The van der Waals surface area contributed by atoms with Crippen LogP contribution in [0.4, 0.5) is 5.69 Å². The number of hydrogen-bond donors (Lipinski definition) is 1. The number of aromatic nitrogens is 1. The van der Waals surface area contributed by atoms with Gasteiger partial charge in [-0.05, 0) is 29.8 Å². The zero-order chi connectivity index (χ0) is 11.4. The first kappa shape index (κ1) is 11.4. The van der Waals surface area contributed by atoms with Crippen LogP contribution in [0.3, 0.4) is 0 Å². The standard InChI is InChI=1S/C12H10BrClN2/c13-10-5-3-9(4-6-10)8-16-11-2-1-7-15-12(11)14/h1-7,16H,8H2. The molecule has 2 aromatic rings. The first-order valence-electron chi connectivity index (χ1n) is 4.84. The van der Waals surface area contributed by atoms with Gasteiger partial charge < -0.3 is 5.32 Å². The number of benzene rings is 1. The molecular weight excluding hydrogens is 288 g/mol. The van der Waals surface area contributed by atoms with Crippen LogP contribution in [0.1, 0.15) is 5.56 Å². The molecule has 1 heterocycles. The van der Waals surface area contributed by atoms with E-state index >= 15 is 0 Å². The van der Waals surface area contributed by atoms with Crippen molar-refractivity contribution in [2.24, 2.45) is 0 Å². The molecule has 0 atom stereocenters. The van der Waals surface area contributed by atoms with Gasteiger partial charge in [-0.25, -0.2) is 4.98 Å². The number of pyridine rings is 1. The van der Waals surface area contributed by atoms with Crippen molar-refractivity contribution in [3.63, 3.8) is 0 Å². The van der Waals surface area contributed by atoms with Crippen molar-refractivity contribution < 1.29 is 0 Å². The molecule has 0 aliphatic rings. The van der Waals surface area contributed by atoms with Crippen LogP contribution in [-0.2, 0) is 6.54 Å². The summed E-state index contributed by atoms with van der Waals surface area (Å²) >= 11 is 9.34. The third kappa shape index (κ3) is 2.97. The van der Waals surface area contributed by atoms with Gasteiger partial charge in [-0.1, -0.05) is 39.7 Å². The maximum atomic E-state index is 5.93. The topological polar surface area (TPSA) is 24.9 Å². The lowest BCUT2D eigenvalue weighted by Gasteiger charge is -2.07. The van der Waals surface area contributed by atoms with E-state index in [2.05, 4.69) is 38.4 Å². The summed E-state index contributed by atoms with van der Waals surface area (Å²) in [5.41, 5.74) is 2.05. The Morgan fingerprint density at radius 2 is 1.94 bits per heavy atom. The molecule has 0 radical (unpaired) electrons. The van der Waals surface area contributed by atoms with Crippen LogP contribution in [0.15, 0.2) is 47.1 Å². The average Bonchev–Trinajstić information content (AvgIpc) is 2.30. The number of nitrogens with zero attached hydrogens (tertiary/aromatic N) is 1. The van der Waals surface area contributed by atoms with E-state index in [-0.39, 0.29) is 0 Å². The fraction of sp³-hybridized carbons (Fsp3) is 0.0833. The minimum absolute atomic E-state index is 0.500. The summed E-state index contributed by atoms with van der Waals surface area (Å²) in [6, 6.07) is 11.9. The molecule has 0 saturated carbocycles. The molecule has 0 amide bonds. The third-order valence-corrected chi connectivity index (χ3v) is 2.99. The van der Waals surface area contributed by atoms with Gasteiger partial charge in [0, 0.05) is 17.2 Å². The summed E-state index contributed by atoms with van der Waals surface area (Å²) in [6.07, 6.45) is 1.67. The second-order valence-electron chi connectivity index (χ2n) is 3.32. The van der Waals surface area contributed by atoms with Crippen LogP contribution in [0.25, 0.3) is 0 Å². The molecule has 2 nitrogen and oxygen atoms in total. The largest absolute Gasteiger partial charge is 0.378 e. The van der Waals surface area contributed by atoms with Gasteiger partial charge in [0.05, 0.1) is 5.69 Å². The van der Waals surface area contributed by atoms with Crippen LogP contribution < -0.4 is 5.32 Å². The highest BCUT2D eigenvalue weighted by molar-refractivity contribution is 9.10. The molecule has 1 N–H and O–H groups in total. The molecule has 1 aromatic carbocycles. The van der Waals surface area contributed by atoms with Gasteiger partial charge in [0.1, 0.15) is 0 Å². The fourth-order valence-corrected chi connectivity index (χ4v) is 1.77. The summed E-state index contributed by atoms with van der Waals surface area (Å²) < 4.78 is 1.08. The Kier molecular flexibility index (Phi) is 3.80. The Hall–Kier alpha value is -1.06. The smallest absolute Gasteiger partial charge is 0.152 e. The first-order valence-corrected chi connectivity index (χ1v) is 6.01. The zero-order valence-corrected chi connectivity index (χ0v) is 10.8. The highest BCUT2D eigenvalue weighted by atomic mass is 79.9. The van der Waals surface area contributed by atoms with Gasteiger partial charge in [-0.15, -0.1) is 0 Å². The van der Waals surface area contributed by atoms with E-state index in [0.717, 1.165) is 16.7 Å². The molecule has 0 spiro atoms. The van der Waals surface area contributed by atoms with E-state index in [1.165, 1.54) is 5.56 Å². The van der Waals surface area contributed by atoms with Gasteiger partial charge in [0.25, 0.3) is 0 Å². The number of anilines is 1. The highest BCUT2D eigenvalue weighted by Gasteiger charge is 1.99. The second-order valence-corrected chi connectivity index (χ2v) is 4.60. The maximum Gasteiger partial charge on any atom is 0.152 e. The number of hydrogen-bond acceptors (Lipinski definition) is 2. The summed E-state index contributed by atoms with van der Waals surface area (Å²) in [5, 5.41) is 3.74. The Bertz CT molecular complexity index is 471. The predicted molar refractivity (Wildman–Crippen MR) is 70.7 cm³/mol. The van der Waals surface area contributed by atoms with Crippen molar-refractivity contribution in [3.8, 4) is 0 Å². The van der Waals surface area contributed by atoms with Crippen LogP contribution in [0, 0.1) is 0 Å². The molecule has 16 heavy (non-hydrogen) atoms. The van der Waals surface area contributed by atoms with Crippen molar-refractivity contribution in [1.82, 2.24) is 4.98 Å². The Balaban J connectivity index is 2.02. The minimum Gasteiger partial charge on any atom is -0.378 e. The molecule has 0 saturated heterocycles. The number of rotatable bonds is 3. The SMILES string of the molecule is Clc1ncccc1NCc1ccc(Br)cc1. The van der Waals surface area contributed by atoms with Gasteiger partial charge in [-0.3, -0.25) is 0 Å². The second kappa shape index (κ2) is 5.32. The van der Waals surface area contributed by atoms with Crippen molar-refractivity contribution in [1.29, 1.82) is 0 Å². The van der Waals surface area contributed by atoms with Crippen LogP contribution >= 0.6 is 27.5 Å². The number of halogens is 2. The van der Waals surface area contributed by atoms with Gasteiger partial charge >= 0.3 is 0 Å². The molecule has 1 aromatic heterocycles. The van der Waals surface area contributed by atoms with Crippen LogP contribution in [0.5, 0.6) is 0 Å². The van der Waals surface area contributed by atoms with Crippen molar-refractivity contribution in [2.45, 2.75) is 6.54 Å². The molecule has 82 valence electrons. The fourth-order valence-electron chi connectivity index (χ4n) is 1.32. The monoisotopic (exact) mass is 296 g/mol. The molecule has 0 fully saturated rings. The van der Waals surface area contributed by atoms with E-state index in [9.17, 15) is 0 Å². The number of nitrogens with one attached hydrogen (secondary N) is 1. The predicted octanol–water partition coefficient (Wildman–Crippen LogP) is 4.11. The Labute approximate surface area is 108 Å². The zero-order valence-electron chi connectivity index (χ0n) is 8.45. The van der Waals surface area contributed by atoms with Crippen LogP contribution in [0.2, 0.25) is 5.15 Å². The summed E-state index contributed by atoms with van der Waals surface area (Å²) in [5.74, 6) is 0. The summed E-state index contributed by atoms with van der Waals surface area (Å²) in [4.78, 5) is 4.00. The van der Waals surface area contributed by atoms with E-state index in [1.807, 2.05) is 24.3 Å². The van der Waals surface area contributed by atoms with Gasteiger partial charge in [-0.2, -0.15) is 0 Å². The molecular formula is C12H10BrClN2. The van der Waals surface area contributed by atoms with Gasteiger partial charge in [0.2, 0.25) is 0 Å². The minimum atomic E-state index is 0.500. The third-order valence-electron chi connectivity index (χ3n) is 2.16. The van der Waals surface area contributed by atoms with Crippen molar-refractivity contribution >= 4 is 33.2 Å². The van der Waals surface area contributed by atoms with E-state index in [0.29, 0.717) is 5.15 Å². The van der Waals surface area contributed by atoms with E-state index in [4.69, 9.17) is 11.6 Å². The highest BCUT2D eigenvalue weighted by Crippen LogP contribution is 2.18. The normalized spacial score (nSPS) is 10.1. The van der Waals surface area contributed by atoms with E-state index in [1.54, 1.807) is 6.20 Å². The van der Waals surface area contributed by atoms with Crippen molar-refractivity contribution in [2.75, 3.05) is 5.32 Å². The van der Waals surface area contributed by atoms with E-state index < -0.39 is 0 Å². The molecule has 0 aliphatic carbocycles. The lowest BCUT2D eigenvalue weighted by Crippen LogP contribution is -2.00. The van der Waals surface area contributed by atoms with Crippen LogP contribution in [-0.4, -0.2) is 4.98 Å². The summed E-state index contributed by atoms with van der Waals surface area (Å²) in [6.45, 7) is 0.735. The molecule has 0 unspecified atom stereocenters.